The van der Waals surface area contributed by atoms with Gasteiger partial charge in [0, 0.05) is 12.5 Å². The zero-order valence-electron chi connectivity index (χ0n) is 24.8. The Morgan fingerprint density at radius 1 is 0.818 bits per heavy atom. The van der Waals surface area contributed by atoms with Crippen LogP contribution in [0.3, 0.4) is 0 Å². The Morgan fingerprint density at radius 3 is 1.91 bits per heavy atom. The molecule has 0 bridgehead atoms. The number of aliphatic carboxylic acids is 3. The van der Waals surface area contributed by atoms with E-state index in [9.17, 15) is 34.5 Å². The Kier molecular flexibility index (Phi) is 10.8. The minimum absolute atomic E-state index is 0. The fourth-order valence-electron chi connectivity index (χ4n) is 6.66. The molecule has 2 heterocycles. The molecule has 1 atom stereocenters. The normalized spacial score (nSPS) is 17.0. The van der Waals surface area contributed by atoms with Gasteiger partial charge >= 0.3 is 41.5 Å². The first-order chi connectivity index (χ1) is 20.8. The molecule has 2 aromatic carbocycles. The fraction of sp³-hybridized carbons (Fsp3) is 0.364. The molecule has 1 spiro atoms. The van der Waals surface area contributed by atoms with E-state index >= 15 is 0 Å². The summed E-state index contributed by atoms with van der Waals surface area (Å²) in [7, 11) is 0. The number of hydrogen-bond acceptors (Lipinski definition) is 7. The van der Waals surface area contributed by atoms with Crippen LogP contribution in [0.5, 0.6) is 0 Å². The summed E-state index contributed by atoms with van der Waals surface area (Å²) < 4.78 is 0. The second-order valence-corrected chi connectivity index (χ2v) is 11.1. The summed E-state index contributed by atoms with van der Waals surface area (Å²) in [6.07, 6.45) is 10.4. The number of carbonyl (C=O) groups is 4. The van der Waals surface area contributed by atoms with Crippen molar-refractivity contribution < 1.29 is 64.1 Å². The van der Waals surface area contributed by atoms with Crippen LogP contribution in [0.15, 0.2) is 76.6 Å². The van der Waals surface area contributed by atoms with Crippen LogP contribution in [0.25, 0.3) is 11.1 Å². The van der Waals surface area contributed by atoms with Gasteiger partial charge in [-0.15, -0.1) is 0 Å². The van der Waals surface area contributed by atoms with Gasteiger partial charge in [-0.2, -0.15) is 5.10 Å². The molecule has 0 aromatic heterocycles. The topological polar surface area (TPSA) is 159 Å². The maximum atomic E-state index is 13.2. The van der Waals surface area contributed by atoms with Crippen LogP contribution in [0.1, 0.15) is 68.9 Å². The van der Waals surface area contributed by atoms with Gasteiger partial charge < -0.3 is 25.4 Å². The van der Waals surface area contributed by atoms with Crippen LogP contribution < -0.4 is 40.0 Å². The summed E-state index contributed by atoms with van der Waals surface area (Å²) in [5.41, 5.74) is 1.10. The first-order valence-corrected chi connectivity index (χ1v) is 14.7. The molecular weight excluding hydrogens is 573 g/mol. The molecule has 44 heavy (non-hydrogen) atoms. The third-order valence-corrected chi connectivity index (χ3v) is 8.49. The fourth-order valence-corrected chi connectivity index (χ4v) is 6.66. The van der Waals surface area contributed by atoms with Crippen molar-refractivity contribution in [1.29, 1.82) is 0 Å². The number of amides is 1. The Bertz CT molecular complexity index is 1500. The van der Waals surface area contributed by atoms with E-state index in [0.29, 0.717) is 24.1 Å². The van der Waals surface area contributed by atoms with Gasteiger partial charge in [0.25, 0.3) is 5.91 Å². The number of nitrogens with zero attached hydrogens (tertiary/aromatic N) is 2. The van der Waals surface area contributed by atoms with Crippen LogP contribution >= 0.6 is 0 Å². The van der Waals surface area contributed by atoms with Crippen molar-refractivity contribution >= 4 is 30.0 Å². The van der Waals surface area contributed by atoms with Crippen LogP contribution in [0.2, 0.25) is 0 Å². The Balaban J connectivity index is 0.00000442. The molecule has 1 unspecified atom stereocenters. The van der Waals surface area contributed by atoms with Gasteiger partial charge in [-0.1, -0.05) is 87.1 Å². The van der Waals surface area contributed by atoms with Gasteiger partial charge in [-0.3, -0.25) is 4.79 Å². The number of hydrazone groups is 1. The minimum Gasteiger partial charge on any atom is -0.550 e. The smallest absolute Gasteiger partial charge is 0.550 e. The van der Waals surface area contributed by atoms with Gasteiger partial charge in [0.2, 0.25) is 0 Å². The van der Waals surface area contributed by atoms with Crippen LogP contribution in [0.4, 0.5) is 0 Å². The van der Waals surface area contributed by atoms with Crippen molar-refractivity contribution in [3.63, 3.8) is 0 Å². The SMILES string of the molecule is O=C([O-])CCCCCCCCCCNC(=O)C1=CC2N(N=C1)C(C(=O)O)=C(C(=O)O)C21c2ccccc2-c2ccccc21.[Na+]. The molecule has 5 rings (SSSR count). The van der Waals surface area contributed by atoms with E-state index in [1.807, 2.05) is 36.4 Å². The number of fused-ring (bicyclic) bond motifs is 7. The quantitative estimate of drug-likeness (QED) is 0.205. The first kappa shape index (κ1) is 33.2. The Labute approximate surface area is 277 Å². The second kappa shape index (κ2) is 14.4. The predicted octanol–water partition coefficient (Wildman–Crippen LogP) is 0.367. The van der Waals surface area contributed by atoms with E-state index in [0.717, 1.165) is 56.1 Å². The molecule has 0 saturated heterocycles. The van der Waals surface area contributed by atoms with Gasteiger partial charge in [0.15, 0.2) is 5.70 Å². The standard InChI is InChI=1S/C33H35N3O7.Na/c37-27(38)17-7-5-3-1-2-4-6-12-18-34-30(39)21-19-26-33(28(31(40)41)29(32(42)43)36(26)35-20-21)24-15-10-8-13-22(24)23-14-9-11-16-25(23)33;/h8-11,13-16,19-20,26H,1-7,12,17-18H2,(H,34,39)(H,37,38)(H,40,41)(H,42,43);/q;+1/p-1. The van der Waals surface area contributed by atoms with Crippen LogP contribution in [0, 0.1) is 0 Å². The summed E-state index contributed by atoms with van der Waals surface area (Å²) in [5, 5.41) is 39.6. The molecule has 224 valence electrons. The van der Waals surface area contributed by atoms with E-state index in [1.165, 1.54) is 11.2 Å². The van der Waals surface area contributed by atoms with Crippen molar-refractivity contribution in [2.45, 2.75) is 69.2 Å². The number of unbranched alkanes of at least 4 members (excludes halogenated alkanes) is 7. The van der Waals surface area contributed by atoms with Crippen LogP contribution in [-0.2, 0) is 24.6 Å². The maximum Gasteiger partial charge on any atom is 1.00 e. The zero-order valence-corrected chi connectivity index (χ0v) is 26.8. The van der Waals surface area contributed by atoms with Crippen molar-refractivity contribution in [2.24, 2.45) is 5.10 Å². The first-order valence-electron chi connectivity index (χ1n) is 14.7. The maximum absolute atomic E-state index is 13.2. The molecule has 11 heteroatoms. The molecule has 1 amide bonds. The number of nitrogens with one attached hydrogen (secondary N) is 1. The van der Waals surface area contributed by atoms with Gasteiger partial charge in [0.1, 0.15) is 0 Å². The minimum atomic E-state index is -1.41. The molecule has 10 nitrogen and oxygen atoms in total. The average molecular weight is 608 g/mol. The molecule has 0 fully saturated rings. The molecule has 3 N–H and O–H groups in total. The van der Waals surface area contributed by atoms with Gasteiger partial charge in [-0.05, 0) is 47.6 Å². The van der Waals surface area contributed by atoms with Crippen molar-refractivity contribution in [3.8, 4) is 11.1 Å². The summed E-state index contributed by atoms with van der Waals surface area (Å²) in [6.45, 7) is 0.458. The van der Waals surface area contributed by atoms with Gasteiger partial charge in [-0.25, -0.2) is 14.6 Å². The number of carbonyl (C=O) groups excluding carboxylic acids is 2. The summed E-state index contributed by atoms with van der Waals surface area (Å²) in [5.74, 6) is -4.12. The Hall–Kier alpha value is -3.73. The van der Waals surface area contributed by atoms with Crippen molar-refractivity contribution in [2.75, 3.05) is 6.54 Å². The largest absolute Gasteiger partial charge is 1.00 e. The summed E-state index contributed by atoms with van der Waals surface area (Å²) in [4.78, 5) is 49.1. The second-order valence-electron chi connectivity index (χ2n) is 11.1. The molecule has 2 aromatic rings. The molecule has 0 radical (unpaired) electrons. The molecule has 0 saturated carbocycles. The number of hydrogen-bond donors (Lipinski definition) is 3. The van der Waals surface area contributed by atoms with E-state index in [-0.39, 0.29) is 53.0 Å². The monoisotopic (exact) mass is 607 g/mol. The average Bonchev–Trinajstić information content (AvgIpc) is 3.47. The van der Waals surface area contributed by atoms with Crippen molar-refractivity contribution in [1.82, 2.24) is 10.3 Å². The number of carboxylic acid groups (broad SMARTS) is 3. The zero-order chi connectivity index (χ0) is 30.6. The Morgan fingerprint density at radius 2 is 1.36 bits per heavy atom. The van der Waals surface area contributed by atoms with Crippen LogP contribution in [-0.4, -0.2) is 57.8 Å². The number of rotatable bonds is 14. The van der Waals surface area contributed by atoms with Gasteiger partial charge in [0.05, 0.1) is 28.8 Å². The number of benzene rings is 2. The van der Waals surface area contributed by atoms with E-state index in [4.69, 9.17) is 0 Å². The molecular formula is C33H34N3NaO7. The van der Waals surface area contributed by atoms with E-state index < -0.39 is 35.1 Å². The predicted molar refractivity (Wildman–Crippen MR) is 157 cm³/mol. The third-order valence-electron chi connectivity index (χ3n) is 8.49. The molecule has 2 aliphatic heterocycles. The van der Waals surface area contributed by atoms with E-state index in [1.54, 1.807) is 18.2 Å². The molecule has 3 aliphatic rings. The third kappa shape index (κ3) is 6.11. The summed E-state index contributed by atoms with van der Waals surface area (Å²) in [6, 6.07) is 13.9. The van der Waals surface area contributed by atoms with E-state index in [2.05, 4.69) is 10.4 Å². The summed E-state index contributed by atoms with van der Waals surface area (Å²) >= 11 is 0. The number of carboxylic acids is 3. The molecule has 1 aliphatic carbocycles. The van der Waals surface area contributed by atoms with Crippen molar-refractivity contribution in [3.05, 3.63) is 82.6 Å².